The van der Waals surface area contributed by atoms with Gasteiger partial charge in [-0.3, -0.25) is 57.6 Å². The van der Waals surface area contributed by atoms with E-state index >= 15 is 0 Å². The first-order chi connectivity index (χ1) is 38.8. The number of nitrogens with zero attached hydrogens (tertiary/aromatic N) is 5. The summed E-state index contributed by atoms with van der Waals surface area (Å²) < 4.78 is 0. The Morgan fingerprint density at radius 2 is 1.00 bits per heavy atom. The molecule has 2 aliphatic rings. The number of imide groups is 1. The SMILES string of the molecule is CN1CCN(C)CCN(CC(=O)NCCCC[C@@H](CC(=O)[C@@H](CCC(=O)O)NC(=O)[C@@H](CCC(=O)O)CC(=O)[C@@H](CCC(=O)O)NC(=O)c2cccc(C(=O)ON3C(=O)CCC3=O)c2)C(=O)O)CCN(C)CC1.O=C=O.O=C=O.O=C=O. The molecule has 0 unspecified atom stereocenters. The van der Waals surface area contributed by atoms with Crippen molar-refractivity contribution >= 4 is 89.4 Å². The van der Waals surface area contributed by atoms with Crippen molar-refractivity contribution in [1.29, 1.82) is 0 Å². The molecule has 4 atom stereocenters. The van der Waals surface area contributed by atoms with E-state index in [0.29, 0.717) is 24.6 Å². The lowest BCUT2D eigenvalue weighted by Gasteiger charge is -2.30. The lowest BCUT2D eigenvalue weighted by atomic mass is 9.89. The van der Waals surface area contributed by atoms with Crippen LogP contribution in [0.1, 0.15) is 104 Å². The molecule has 0 saturated carbocycles. The molecule has 31 heteroatoms. The van der Waals surface area contributed by atoms with E-state index in [1.165, 1.54) is 18.2 Å². The average molecular weight is 1160 g/mol. The highest BCUT2D eigenvalue weighted by Gasteiger charge is 2.35. The summed E-state index contributed by atoms with van der Waals surface area (Å²) in [6.07, 6.45) is -3.85. The zero-order valence-corrected chi connectivity index (χ0v) is 45.7. The summed E-state index contributed by atoms with van der Waals surface area (Å²) in [7, 11) is 6.18. The summed E-state index contributed by atoms with van der Waals surface area (Å²) in [5.41, 5.74) is -0.518. The first-order valence-corrected chi connectivity index (χ1v) is 25.5. The maximum absolute atomic E-state index is 13.8. The molecule has 5 amide bonds. The van der Waals surface area contributed by atoms with Crippen molar-refractivity contribution in [3.63, 3.8) is 0 Å². The van der Waals surface area contributed by atoms with Gasteiger partial charge >= 0.3 is 48.3 Å². The Kier molecular flexibility index (Phi) is 37.1. The average Bonchev–Trinajstić information content (AvgIpc) is 3.81. The highest BCUT2D eigenvalue weighted by molar-refractivity contribution is 6.04. The third kappa shape index (κ3) is 31.9. The molecular weight excluding hydrogens is 1090 g/mol. The molecule has 0 spiro atoms. The number of hydrogen-bond acceptors (Lipinski definition) is 23. The van der Waals surface area contributed by atoms with E-state index in [0.717, 1.165) is 45.3 Å². The molecule has 2 aliphatic heterocycles. The van der Waals surface area contributed by atoms with E-state index in [4.69, 9.17) is 33.6 Å². The molecule has 1 aromatic carbocycles. The van der Waals surface area contributed by atoms with Gasteiger partial charge in [0.1, 0.15) is 0 Å². The topological polar surface area (TPSA) is 450 Å². The van der Waals surface area contributed by atoms with Crippen molar-refractivity contribution in [1.82, 2.24) is 40.6 Å². The van der Waals surface area contributed by atoms with Crippen molar-refractivity contribution in [2.45, 2.75) is 95.6 Å². The summed E-state index contributed by atoms with van der Waals surface area (Å²) in [6.45, 7) is 7.01. The molecule has 0 radical (unpaired) electrons. The number of hydroxylamine groups is 2. The minimum Gasteiger partial charge on any atom is -0.481 e. The highest BCUT2D eigenvalue weighted by Crippen LogP contribution is 2.21. The van der Waals surface area contributed by atoms with E-state index < -0.39 is 140 Å². The number of carbonyl (C=O) groups is 12. The van der Waals surface area contributed by atoms with Gasteiger partial charge in [-0.1, -0.05) is 12.5 Å². The third-order valence-electron chi connectivity index (χ3n) is 12.5. The molecule has 2 fully saturated rings. The molecule has 31 nitrogen and oxygen atoms in total. The van der Waals surface area contributed by atoms with Crippen LogP contribution in [0.3, 0.4) is 0 Å². The van der Waals surface area contributed by atoms with Crippen molar-refractivity contribution in [3.05, 3.63) is 35.4 Å². The maximum Gasteiger partial charge on any atom is 0.373 e. The molecule has 0 aliphatic carbocycles. The number of ketones is 2. The van der Waals surface area contributed by atoms with Gasteiger partial charge in [0.2, 0.25) is 11.8 Å². The smallest absolute Gasteiger partial charge is 0.373 e. The Balaban J connectivity index is 0.00000681. The summed E-state index contributed by atoms with van der Waals surface area (Å²) in [6, 6.07) is 1.52. The summed E-state index contributed by atoms with van der Waals surface area (Å²) >= 11 is 0. The molecule has 82 heavy (non-hydrogen) atoms. The minimum absolute atomic E-state index is 0.00921. The Bertz CT molecular complexity index is 2390. The molecule has 1 aromatic rings. The van der Waals surface area contributed by atoms with Crippen molar-refractivity contribution in [3.8, 4) is 0 Å². The third-order valence-corrected chi connectivity index (χ3v) is 12.5. The molecule has 2 heterocycles. The van der Waals surface area contributed by atoms with E-state index in [9.17, 15) is 78.0 Å². The van der Waals surface area contributed by atoms with Crippen LogP contribution in [-0.2, 0) is 81.6 Å². The van der Waals surface area contributed by atoms with Crippen LogP contribution in [0, 0.1) is 11.8 Å². The predicted octanol–water partition coefficient (Wildman–Crippen LogP) is -2.03. The Morgan fingerprint density at radius 1 is 0.573 bits per heavy atom. The molecule has 3 rings (SSSR count). The number of likely N-dealkylation sites (N-methyl/N-ethyl adjacent to an activating group) is 3. The lowest BCUT2D eigenvalue weighted by Crippen LogP contribution is -2.47. The second-order valence-electron chi connectivity index (χ2n) is 18.8. The van der Waals surface area contributed by atoms with Crippen LogP contribution in [0.15, 0.2) is 24.3 Å². The number of hydrogen-bond donors (Lipinski definition) is 7. The van der Waals surface area contributed by atoms with Crippen molar-refractivity contribution in [2.75, 3.05) is 86.6 Å². The van der Waals surface area contributed by atoms with Crippen LogP contribution in [0.25, 0.3) is 0 Å². The number of carboxylic acids is 4. The monoisotopic (exact) mass is 1160 g/mol. The van der Waals surface area contributed by atoms with Gasteiger partial charge in [0, 0.05) is 115 Å². The number of unbranched alkanes of at least 4 members (excludes halogenated alkanes) is 1. The van der Waals surface area contributed by atoms with Crippen LogP contribution >= 0.6 is 0 Å². The molecule has 0 bridgehead atoms. The number of carbonyl (C=O) groups excluding carboxylic acids is 14. The first kappa shape index (κ1) is 73.4. The van der Waals surface area contributed by atoms with E-state index in [2.05, 4.69) is 42.6 Å². The fourth-order valence-corrected chi connectivity index (χ4v) is 7.90. The number of benzene rings is 1. The zero-order valence-electron chi connectivity index (χ0n) is 45.7. The fraction of sp³-hybridized carbons (Fsp3) is 0.588. The van der Waals surface area contributed by atoms with Gasteiger partial charge in [0.05, 0.1) is 30.1 Å². The quantitative estimate of drug-likeness (QED) is 0.0336. The largest absolute Gasteiger partial charge is 0.481 e. The van der Waals surface area contributed by atoms with Gasteiger partial charge in [-0.15, -0.1) is 5.06 Å². The highest BCUT2D eigenvalue weighted by atomic mass is 16.7. The van der Waals surface area contributed by atoms with Gasteiger partial charge in [-0.2, -0.15) is 28.8 Å². The Morgan fingerprint density at radius 3 is 1.46 bits per heavy atom. The van der Waals surface area contributed by atoms with Crippen LogP contribution < -0.4 is 16.0 Å². The van der Waals surface area contributed by atoms with E-state index in [1.807, 2.05) is 14.1 Å². The van der Waals surface area contributed by atoms with Crippen molar-refractivity contribution in [2.24, 2.45) is 11.8 Å². The molecular formula is C51H70N8O23. The van der Waals surface area contributed by atoms with E-state index in [1.54, 1.807) is 0 Å². The van der Waals surface area contributed by atoms with Crippen LogP contribution in [0.2, 0.25) is 0 Å². The van der Waals surface area contributed by atoms with Crippen LogP contribution in [-0.4, -0.2) is 233 Å². The second kappa shape index (κ2) is 41.5. The van der Waals surface area contributed by atoms with Crippen LogP contribution in [0.5, 0.6) is 0 Å². The van der Waals surface area contributed by atoms with Gasteiger partial charge in [-0.25, -0.2) is 4.79 Å². The predicted molar refractivity (Wildman–Crippen MR) is 271 cm³/mol. The summed E-state index contributed by atoms with van der Waals surface area (Å²) in [4.78, 5) is 214. The number of Topliss-reactive ketones (excluding diaryl/α,β-unsaturated/α-hetero) is 2. The number of carboxylic acid groups (broad SMARTS) is 4. The maximum atomic E-state index is 13.8. The Hall–Kier alpha value is -8.56. The number of rotatable bonds is 29. The number of amides is 5. The zero-order chi connectivity index (χ0) is 62.3. The molecule has 0 aromatic heterocycles. The van der Waals surface area contributed by atoms with Gasteiger partial charge in [0.25, 0.3) is 17.7 Å². The number of aliphatic carboxylic acids is 4. The number of nitrogens with one attached hydrogen (secondary N) is 3. The molecule has 2 saturated heterocycles. The second-order valence-corrected chi connectivity index (χ2v) is 18.8. The first-order valence-electron chi connectivity index (χ1n) is 25.5. The standard InChI is InChI=1S/C48H70N8O17.3CO2/c1-52-19-21-53(2)23-25-55(26-24-54(3)22-20-52)30-39(59)49-18-5-4-7-33(47(70)71)29-38(58)36(12-17-44(66)67)51-46(69)32(10-15-42(62)63)28-37(57)35(11-16-43(64)65)50-45(68)31-8-6-9-34(27-31)48(72)73-56-40(60)13-14-41(56)61;3*2-1-3/h6,8-9,27,32-33,35-36H,4-5,7,10-26,28-30H2,1-3H3,(H,49,59)(H,50,68)(H,51,69)(H,62,63)(H,64,65)(H,66,67)(H,70,71);;;/t32-,33-,35+,36+;;;/m0.../s1. The summed E-state index contributed by atoms with van der Waals surface area (Å²) in [5, 5.41) is 46.3. The van der Waals surface area contributed by atoms with Gasteiger partial charge in [0.15, 0.2) is 11.6 Å². The van der Waals surface area contributed by atoms with Crippen molar-refractivity contribution < 1.29 is 112 Å². The minimum atomic E-state index is -1.60. The molecule has 7 N–H and O–H groups in total. The lowest BCUT2D eigenvalue weighted by molar-refractivity contribution is -0.193. The fourth-order valence-electron chi connectivity index (χ4n) is 7.90. The van der Waals surface area contributed by atoms with Gasteiger partial charge < -0.3 is 55.9 Å². The Labute approximate surface area is 469 Å². The van der Waals surface area contributed by atoms with Gasteiger partial charge in [-0.05, 0) is 71.4 Å². The normalized spacial score (nSPS) is 15.6. The van der Waals surface area contributed by atoms with Crippen LogP contribution in [0.4, 0.5) is 0 Å². The van der Waals surface area contributed by atoms with E-state index in [-0.39, 0.29) is 74.3 Å². The summed E-state index contributed by atoms with van der Waals surface area (Å²) in [5.74, 6) is -14.9. The molecule has 452 valence electrons.